The van der Waals surface area contributed by atoms with Crippen molar-refractivity contribution in [1.82, 2.24) is 10.2 Å². The molecule has 0 aliphatic carbocycles. The summed E-state index contributed by atoms with van der Waals surface area (Å²) in [6.45, 7) is 7.93. The summed E-state index contributed by atoms with van der Waals surface area (Å²) in [5.74, 6) is 1.68. The third-order valence-corrected chi connectivity index (χ3v) is 5.99. The smallest absolute Gasteiger partial charge is 0.317 e. The highest BCUT2D eigenvalue weighted by Gasteiger charge is 2.26. The van der Waals surface area contributed by atoms with Crippen molar-refractivity contribution in [2.45, 2.75) is 26.3 Å². The molecule has 2 amide bonds. The van der Waals surface area contributed by atoms with Crippen LogP contribution in [0.3, 0.4) is 0 Å². The normalized spacial score (nSPS) is 18.7. The van der Waals surface area contributed by atoms with Crippen molar-refractivity contribution in [2.24, 2.45) is 0 Å². The maximum atomic E-state index is 12.8. The lowest BCUT2D eigenvalue weighted by molar-refractivity contribution is 0.178. The van der Waals surface area contributed by atoms with Crippen LogP contribution in [0, 0.1) is 13.8 Å². The van der Waals surface area contributed by atoms with Crippen LogP contribution in [0.1, 0.15) is 16.7 Å². The Morgan fingerprint density at radius 1 is 1.14 bits per heavy atom. The first kappa shape index (κ1) is 19.4. The summed E-state index contributed by atoms with van der Waals surface area (Å²) in [6.07, 6.45) is 0.751. The fourth-order valence-corrected chi connectivity index (χ4v) is 4.09. The second-order valence-electron chi connectivity index (χ2n) is 7.83. The highest BCUT2D eigenvalue weighted by molar-refractivity contribution is 5.75. The molecule has 2 aromatic rings. The number of aryl methyl sites for hydroxylation is 1. The number of amides is 2. The third-order valence-electron chi connectivity index (χ3n) is 5.99. The first-order valence-corrected chi connectivity index (χ1v) is 10.2. The Morgan fingerprint density at radius 2 is 1.93 bits per heavy atom. The predicted octanol–water partition coefficient (Wildman–Crippen LogP) is 3.15. The molecule has 2 aliphatic heterocycles. The van der Waals surface area contributed by atoms with Crippen molar-refractivity contribution in [2.75, 3.05) is 44.8 Å². The SMILES string of the molecule is COc1ccc2c(c1)C[C@H](NC(=O)N1CCN(c3cccc(C)c3C)CC1)CO2. The van der Waals surface area contributed by atoms with Gasteiger partial charge in [-0.25, -0.2) is 4.79 Å². The largest absolute Gasteiger partial charge is 0.497 e. The predicted molar refractivity (Wildman–Crippen MR) is 114 cm³/mol. The van der Waals surface area contributed by atoms with E-state index in [2.05, 4.69) is 42.3 Å². The van der Waals surface area contributed by atoms with Crippen LogP contribution in [0.15, 0.2) is 36.4 Å². The first-order chi connectivity index (χ1) is 14.0. The van der Waals surface area contributed by atoms with Gasteiger partial charge in [-0.05, 0) is 61.2 Å². The monoisotopic (exact) mass is 395 g/mol. The van der Waals surface area contributed by atoms with Gasteiger partial charge in [0, 0.05) is 31.9 Å². The van der Waals surface area contributed by atoms with Crippen molar-refractivity contribution in [1.29, 1.82) is 0 Å². The van der Waals surface area contributed by atoms with Gasteiger partial charge in [0.05, 0.1) is 13.2 Å². The second kappa shape index (κ2) is 8.23. The van der Waals surface area contributed by atoms with E-state index in [1.807, 2.05) is 23.1 Å². The van der Waals surface area contributed by atoms with Crippen LogP contribution in [-0.2, 0) is 6.42 Å². The van der Waals surface area contributed by atoms with E-state index in [4.69, 9.17) is 9.47 Å². The molecule has 29 heavy (non-hydrogen) atoms. The second-order valence-corrected chi connectivity index (χ2v) is 7.83. The molecule has 1 atom stereocenters. The Bertz CT molecular complexity index is 891. The molecule has 1 saturated heterocycles. The minimum absolute atomic E-state index is 0.00874. The minimum atomic E-state index is -0.0286. The summed E-state index contributed by atoms with van der Waals surface area (Å²) in [5.41, 5.74) is 4.97. The molecule has 6 nitrogen and oxygen atoms in total. The van der Waals surface area contributed by atoms with Crippen LogP contribution in [0.25, 0.3) is 0 Å². The van der Waals surface area contributed by atoms with Crippen LogP contribution in [0.5, 0.6) is 11.5 Å². The zero-order valence-electron chi connectivity index (χ0n) is 17.4. The van der Waals surface area contributed by atoms with E-state index >= 15 is 0 Å². The fourth-order valence-electron chi connectivity index (χ4n) is 4.09. The summed E-state index contributed by atoms with van der Waals surface area (Å²) < 4.78 is 11.1. The first-order valence-electron chi connectivity index (χ1n) is 10.2. The number of hydrogen-bond acceptors (Lipinski definition) is 4. The molecule has 154 valence electrons. The number of methoxy groups -OCH3 is 1. The Labute approximate surface area is 172 Å². The standard InChI is InChI=1S/C23H29N3O3/c1-16-5-4-6-21(17(16)2)25-9-11-26(12-10-25)23(27)24-19-13-18-14-20(28-3)7-8-22(18)29-15-19/h4-8,14,19H,9-13,15H2,1-3H3,(H,24,27)/t19-/m0/s1. The lowest BCUT2D eigenvalue weighted by atomic mass is 10.0. The van der Waals surface area contributed by atoms with Gasteiger partial charge in [0.25, 0.3) is 0 Å². The number of nitrogens with zero attached hydrogens (tertiary/aromatic N) is 2. The highest BCUT2D eigenvalue weighted by Crippen LogP contribution is 2.29. The number of carbonyl (C=O) groups is 1. The summed E-state index contributed by atoms with van der Waals surface area (Å²) >= 11 is 0. The third kappa shape index (κ3) is 4.11. The molecule has 1 fully saturated rings. The van der Waals surface area contributed by atoms with Gasteiger partial charge >= 0.3 is 6.03 Å². The van der Waals surface area contributed by atoms with Gasteiger partial charge in [0.2, 0.25) is 0 Å². The molecule has 2 aromatic carbocycles. The minimum Gasteiger partial charge on any atom is -0.497 e. The van der Waals surface area contributed by atoms with Crippen molar-refractivity contribution >= 4 is 11.7 Å². The number of carbonyl (C=O) groups excluding carboxylic acids is 1. The summed E-state index contributed by atoms with van der Waals surface area (Å²) in [4.78, 5) is 17.1. The van der Waals surface area contributed by atoms with Gasteiger partial charge in [0.1, 0.15) is 18.1 Å². The molecular weight excluding hydrogens is 366 g/mol. The number of anilines is 1. The van der Waals surface area contributed by atoms with Crippen LogP contribution >= 0.6 is 0 Å². The van der Waals surface area contributed by atoms with E-state index in [9.17, 15) is 4.79 Å². The lowest BCUT2D eigenvalue weighted by Gasteiger charge is -2.38. The van der Waals surface area contributed by atoms with Crippen molar-refractivity contribution in [3.8, 4) is 11.5 Å². The maximum Gasteiger partial charge on any atom is 0.317 e. The number of benzene rings is 2. The molecule has 0 spiro atoms. The van der Waals surface area contributed by atoms with Crippen molar-refractivity contribution in [3.05, 3.63) is 53.1 Å². The average molecular weight is 396 g/mol. The average Bonchev–Trinajstić information content (AvgIpc) is 2.75. The molecule has 4 rings (SSSR count). The Morgan fingerprint density at radius 3 is 2.69 bits per heavy atom. The Hall–Kier alpha value is -2.89. The van der Waals surface area contributed by atoms with E-state index in [-0.39, 0.29) is 12.1 Å². The van der Waals surface area contributed by atoms with Gasteiger partial charge in [-0.3, -0.25) is 0 Å². The van der Waals surface area contributed by atoms with E-state index in [0.29, 0.717) is 6.61 Å². The summed E-state index contributed by atoms with van der Waals surface area (Å²) in [6, 6.07) is 12.2. The number of hydrogen-bond donors (Lipinski definition) is 1. The molecule has 0 unspecified atom stereocenters. The number of nitrogens with one attached hydrogen (secondary N) is 1. The van der Waals surface area contributed by atoms with Crippen LogP contribution in [-0.4, -0.2) is 56.9 Å². The van der Waals surface area contributed by atoms with Crippen molar-refractivity contribution in [3.63, 3.8) is 0 Å². The van der Waals surface area contributed by atoms with Gasteiger partial charge in [0.15, 0.2) is 0 Å². The van der Waals surface area contributed by atoms with E-state index in [1.54, 1.807) is 7.11 Å². The van der Waals surface area contributed by atoms with E-state index < -0.39 is 0 Å². The number of urea groups is 1. The number of fused-ring (bicyclic) bond motifs is 1. The molecule has 0 radical (unpaired) electrons. The van der Waals surface area contributed by atoms with Gasteiger partial charge in [-0.1, -0.05) is 12.1 Å². The van der Waals surface area contributed by atoms with Gasteiger partial charge in [-0.2, -0.15) is 0 Å². The number of ether oxygens (including phenoxy) is 2. The molecule has 0 bridgehead atoms. The molecule has 2 aliphatic rings. The lowest BCUT2D eigenvalue weighted by Crippen LogP contribution is -2.55. The number of rotatable bonds is 3. The van der Waals surface area contributed by atoms with Gasteiger partial charge in [-0.15, -0.1) is 0 Å². The highest BCUT2D eigenvalue weighted by atomic mass is 16.5. The van der Waals surface area contributed by atoms with E-state index in [0.717, 1.165) is 49.7 Å². The van der Waals surface area contributed by atoms with Crippen molar-refractivity contribution < 1.29 is 14.3 Å². The Balaban J connectivity index is 1.33. The molecular formula is C23H29N3O3. The summed E-state index contributed by atoms with van der Waals surface area (Å²) in [7, 11) is 1.66. The van der Waals surface area contributed by atoms with Gasteiger partial charge < -0.3 is 24.6 Å². The van der Waals surface area contributed by atoms with Crippen LogP contribution < -0.4 is 19.7 Å². The van der Waals surface area contributed by atoms with Crippen LogP contribution in [0.4, 0.5) is 10.5 Å². The quantitative estimate of drug-likeness (QED) is 0.868. The Kier molecular flexibility index (Phi) is 5.51. The molecule has 0 aromatic heterocycles. The molecule has 2 heterocycles. The molecule has 1 N–H and O–H groups in total. The number of piperazine rings is 1. The maximum absolute atomic E-state index is 12.8. The van der Waals surface area contributed by atoms with E-state index in [1.165, 1.54) is 16.8 Å². The molecule has 0 saturated carbocycles. The zero-order valence-corrected chi connectivity index (χ0v) is 17.4. The van der Waals surface area contributed by atoms with Crippen LogP contribution in [0.2, 0.25) is 0 Å². The topological polar surface area (TPSA) is 54.0 Å². The zero-order chi connectivity index (χ0) is 20.4. The fraction of sp³-hybridized carbons (Fsp3) is 0.435. The molecule has 6 heteroatoms. The summed E-state index contributed by atoms with van der Waals surface area (Å²) in [5, 5.41) is 3.14.